The van der Waals surface area contributed by atoms with Crippen molar-refractivity contribution in [1.29, 1.82) is 0 Å². The molecule has 7 heteroatoms. The van der Waals surface area contributed by atoms with E-state index < -0.39 is 0 Å². The molecule has 27 heavy (non-hydrogen) atoms. The van der Waals surface area contributed by atoms with Crippen LogP contribution in [-0.4, -0.2) is 37.7 Å². The van der Waals surface area contributed by atoms with Gasteiger partial charge in [-0.2, -0.15) is 0 Å². The average molecular weight is 486 g/mol. The number of halogens is 1. The molecule has 6 nitrogen and oxygen atoms in total. The molecule has 0 aliphatic carbocycles. The molecule has 0 saturated carbocycles. The Morgan fingerprint density at radius 2 is 1.93 bits per heavy atom. The van der Waals surface area contributed by atoms with Gasteiger partial charge in [0.1, 0.15) is 12.0 Å². The van der Waals surface area contributed by atoms with Gasteiger partial charge in [0.2, 0.25) is 5.89 Å². The van der Waals surface area contributed by atoms with Crippen LogP contribution in [0.1, 0.15) is 37.4 Å². The molecule has 0 radical (unpaired) electrons. The fraction of sp³-hybridized carbons (Fsp3) is 0.500. The molecule has 0 fully saturated rings. The van der Waals surface area contributed by atoms with Crippen LogP contribution >= 0.6 is 24.0 Å². The third-order valence-corrected chi connectivity index (χ3v) is 3.91. The van der Waals surface area contributed by atoms with Crippen molar-refractivity contribution in [3.05, 3.63) is 41.8 Å². The van der Waals surface area contributed by atoms with Gasteiger partial charge in [-0.3, -0.25) is 0 Å². The van der Waals surface area contributed by atoms with Crippen molar-refractivity contribution in [1.82, 2.24) is 15.6 Å². The van der Waals surface area contributed by atoms with E-state index in [0.29, 0.717) is 12.4 Å². The summed E-state index contributed by atoms with van der Waals surface area (Å²) in [6.45, 7) is 7.14. The van der Waals surface area contributed by atoms with Gasteiger partial charge < -0.3 is 19.8 Å². The molecule has 0 aliphatic heterocycles. The summed E-state index contributed by atoms with van der Waals surface area (Å²) in [5.74, 6) is 1.44. The maximum atomic E-state index is 5.59. The van der Waals surface area contributed by atoms with E-state index in [4.69, 9.17) is 9.15 Å². The van der Waals surface area contributed by atoms with Crippen molar-refractivity contribution >= 4 is 29.9 Å². The van der Waals surface area contributed by atoms with Crippen molar-refractivity contribution < 1.29 is 9.15 Å². The number of benzene rings is 1. The minimum Gasteiger partial charge on any atom is -0.444 e. The number of aryl methyl sites for hydroxylation is 1. The van der Waals surface area contributed by atoms with Crippen LogP contribution in [-0.2, 0) is 11.3 Å². The summed E-state index contributed by atoms with van der Waals surface area (Å²) in [5, 5.41) is 6.61. The van der Waals surface area contributed by atoms with Crippen molar-refractivity contribution in [2.75, 3.05) is 26.8 Å². The Kier molecular flexibility index (Phi) is 11.8. The van der Waals surface area contributed by atoms with Gasteiger partial charge in [0.05, 0.1) is 6.54 Å². The molecule has 0 unspecified atom stereocenters. The Morgan fingerprint density at radius 1 is 1.15 bits per heavy atom. The molecule has 2 N–H and O–H groups in total. The third kappa shape index (κ3) is 8.75. The SMILES string of the molecule is CCNC(=NCc1coc(-c2ccc(C)cc2)n1)NCCCCCOC.I. The number of oxazole rings is 1. The van der Waals surface area contributed by atoms with Crippen molar-refractivity contribution in [2.24, 2.45) is 4.99 Å². The highest BCUT2D eigenvalue weighted by molar-refractivity contribution is 14.0. The molecule has 1 aromatic heterocycles. The zero-order chi connectivity index (χ0) is 18.6. The summed E-state index contributed by atoms with van der Waals surface area (Å²) in [4.78, 5) is 9.12. The van der Waals surface area contributed by atoms with Gasteiger partial charge in [-0.15, -0.1) is 24.0 Å². The molecule has 0 atom stereocenters. The van der Waals surface area contributed by atoms with Crippen LogP contribution in [0.25, 0.3) is 11.5 Å². The number of rotatable bonds is 10. The van der Waals surface area contributed by atoms with E-state index in [2.05, 4.69) is 46.6 Å². The van der Waals surface area contributed by atoms with Crippen LogP contribution in [0.2, 0.25) is 0 Å². The van der Waals surface area contributed by atoms with Crippen LogP contribution in [0, 0.1) is 6.92 Å². The maximum Gasteiger partial charge on any atom is 0.226 e. The summed E-state index contributed by atoms with van der Waals surface area (Å²) < 4.78 is 10.6. The summed E-state index contributed by atoms with van der Waals surface area (Å²) in [5.41, 5.74) is 3.01. The van der Waals surface area contributed by atoms with Gasteiger partial charge in [0.15, 0.2) is 5.96 Å². The van der Waals surface area contributed by atoms with E-state index in [1.807, 2.05) is 12.1 Å². The molecular formula is C20H31IN4O2. The number of hydrogen-bond donors (Lipinski definition) is 2. The summed E-state index contributed by atoms with van der Waals surface area (Å²) in [6, 6.07) is 8.14. The Balaban J connectivity index is 0.00000364. The van der Waals surface area contributed by atoms with Crippen LogP contribution in [0.4, 0.5) is 0 Å². The Morgan fingerprint density at radius 3 is 2.63 bits per heavy atom. The predicted molar refractivity (Wildman–Crippen MR) is 121 cm³/mol. The fourth-order valence-electron chi connectivity index (χ4n) is 2.47. The highest BCUT2D eigenvalue weighted by Crippen LogP contribution is 2.19. The molecule has 0 bridgehead atoms. The van der Waals surface area contributed by atoms with Gasteiger partial charge in [0, 0.05) is 32.4 Å². The van der Waals surface area contributed by atoms with E-state index in [0.717, 1.165) is 56.2 Å². The lowest BCUT2D eigenvalue weighted by molar-refractivity contribution is 0.192. The largest absolute Gasteiger partial charge is 0.444 e. The fourth-order valence-corrected chi connectivity index (χ4v) is 2.47. The lowest BCUT2D eigenvalue weighted by Gasteiger charge is -2.10. The molecule has 2 aromatic rings. The Bertz CT molecular complexity index is 671. The minimum absolute atomic E-state index is 0. The number of aromatic nitrogens is 1. The van der Waals surface area contributed by atoms with Crippen LogP contribution in [0.5, 0.6) is 0 Å². The first-order valence-electron chi connectivity index (χ1n) is 9.25. The van der Waals surface area contributed by atoms with Gasteiger partial charge in [-0.1, -0.05) is 17.7 Å². The second-order valence-electron chi connectivity index (χ2n) is 6.19. The molecular weight excluding hydrogens is 455 g/mol. The summed E-state index contributed by atoms with van der Waals surface area (Å²) in [6.07, 6.45) is 5.00. The number of guanidine groups is 1. The number of unbranched alkanes of at least 4 members (excludes halogenated alkanes) is 2. The first kappa shape index (κ1) is 23.4. The highest BCUT2D eigenvalue weighted by Gasteiger charge is 2.06. The Hall–Kier alpha value is -1.61. The predicted octanol–water partition coefficient (Wildman–Crippen LogP) is 4.14. The zero-order valence-corrected chi connectivity index (χ0v) is 18.8. The van der Waals surface area contributed by atoms with Crippen LogP contribution in [0.3, 0.4) is 0 Å². The van der Waals surface area contributed by atoms with Gasteiger partial charge in [0.25, 0.3) is 0 Å². The van der Waals surface area contributed by atoms with E-state index in [-0.39, 0.29) is 24.0 Å². The second kappa shape index (κ2) is 13.5. The minimum atomic E-state index is 0. The smallest absolute Gasteiger partial charge is 0.226 e. The van der Waals surface area contributed by atoms with E-state index in [1.54, 1.807) is 13.4 Å². The first-order valence-corrected chi connectivity index (χ1v) is 9.25. The van der Waals surface area contributed by atoms with Crippen molar-refractivity contribution in [3.63, 3.8) is 0 Å². The summed E-state index contributed by atoms with van der Waals surface area (Å²) in [7, 11) is 1.74. The van der Waals surface area contributed by atoms with E-state index >= 15 is 0 Å². The Labute approximate surface area is 179 Å². The van der Waals surface area contributed by atoms with E-state index in [1.165, 1.54) is 5.56 Å². The monoisotopic (exact) mass is 486 g/mol. The summed E-state index contributed by atoms with van der Waals surface area (Å²) >= 11 is 0. The molecule has 2 rings (SSSR count). The van der Waals surface area contributed by atoms with Crippen molar-refractivity contribution in [2.45, 2.75) is 39.7 Å². The zero-order valence-electron chi connectivity index (χ0n) is 16.5. The van der Waals surface area contributed by atoms with E-state index in [9.17, 15) is 0 Å². The number of nitrogens with one attached hydrogen (secondary N) is 2. The van der Waals surface area contributed by atoms with Crippen LogP contribution < -0.4 is 10.6 Å². The van der Waals surface area contributed by atoms with Crippen molar-refractivity contribution in [3.8, 4) is 11.5 Å². The molecule has 150 valence electrons. The number of nitrogens with zero attached hydrogens (tertiary/aromatic N) is 2. The third-order valence-electron chi connectivity index (χ3n) is 3.91. The highest BCUT2D eigenvalue weighted by atomic mass is 127. The quantitative estimate of drug-likeness (QED) is 0.229. The maximum absolute atomic E-state index is 5.59. The van der Waals surface area contributed by atoms with Crippen LogP contribution in [0.15, 0.2) is 39.9 Å². The first-order chi connectivity index (χ1) is 12.7. The lowest BCUT2D eigenvalue weighted by atomic mass is 10.1. The standard InChI is InChI=1S/C20H30N4O2.HI/c1-4-21-20(22-12-6-5-7-13-25-3)23-14-18-15-26-19(24-18)17-10-8-16(2)9-11-17;/h8-11,15H,4-7,12-14H2,1-3H3,(H2,21,22,23);1H. The number of aliphatic imine (C=N–C) groups is 1. The topological polar surface area (TPSA) is 71.7 Å². The average Bonchev–Trinajstić information content (AvgIpc) is 3.12. The molecule has 0 spiro atoms. The van der Waals surface area contributed by atoms with Gasteiger partial charge in [-0.05, 0) is 45.2 Å². The number of ether oxygens (including phenoxy) is 1. The molecule has 0 aliphatic rings. The van der Waals surface area contributed by atoms with Gasteiger partial charge in [-0.25, -0.2) is 9.98 Å². The number of methoxy groups -OCH3 is 1. The molecule has 0 amide bonds. The lowest BCUT2D eigenvalue weighted by Crippen LogP contribution is -2.37. The second-order valence-corrected chi connectivity index (χ2v) is 6.19. The molecule has 1 heterocycles. The number of hydrogen-bond acceptors (Lipinski definition) is 4. The molecule has 0 saturated heterocycles. The van der Waals surface area contributed by atoms with Gasteiger partial charge >= 0.3 is 0 Å². The molecule has 1 aromatic carbocycles. The normalized spacial score (nSPS) is 11.1.